The van der Waals surface area contributed by atoms with Crippen molar-refractivity contribution in [1.29, 1.82) is 0 Å². The van der Waals surface area contributed by atoms with Gasteiger partial charge in [-0.05, 0) is 56.3 Å². The molecule has 0 amide bonds. The van der Waals surface area contributed by atoms with E-state index in [9.17, 15) is 4.39 Å². The van der Waals surface area contributed by atoms with E-state index in [1.165, 1.54) is 25.3 Å². The van der Waals surface area contributed by atoms with Crippen molar-refractivity contribution in [2.45, 2.75) is 45.1 Å². The highest BCUT2D eigenvalue weighted by Crippen LogP contribution is 2.30. The molecule has 1 saturated carbocycles. The van der Waals surface area contributed by atoms with Crippen LogP contribution >= 0.6 is 0 Å². The van der Waals surface area contributed by atoms with Gasteiger partial charge in [-0.2, -0.15) is 0 Å². The van der Waals surface area contributed by atoms with Gasteiger partial charge in [-0.1, -0.05) is 25.5 Å². The number of nitrogens with zero attached hydrogens (tertiary/aromatic N) is 1. The van der Waals surface area contributed by atoms with Gasteiger partial charge in [-0.15, -0.1) is 0 Å². The van der Waals surface area contributed by atoms with Crippen LogP contribution in [0, 0.1) is 11.7 Å². The van der Waals surface area contributed by atoms with Crippen LogP contribution in [-0.4, -0.2) is 30.1 Å². The quantitative estimate of drug-likeness (QED) is 0.830. The minimum Gasteiger partial charge on any atom is -0.329 e. The average molecular weight is 278 g/mol. The minimum atomic E-state index is -0.163. The largest absolute Gasteiger partial charge is 0.329 e. The van der Waals surface area contributed by atoms with E-state index in [0.29, 0.717) is 6.54 Å². The van der Waals surface area contributed by atoms with Crippen molar-refractivity contribution in [3.8, 4) is 0 Å². The Hall–Kier alpha value is -0.930. The molecule has 2 rings (SSSR count). The van der Waals surface area contributed by atoms with Crippen LogP contribution in [0.1, 0.15) is 38.7 Å². The Kier molecular flexibility index (Phi) is 5.17. The summed E-state index contributed by atoms with van der Waals surface area (Å²) < 4.78 is 13.4. The van der Waals surface area contributed by atoms with E-state index in [-0.39, 0.29) is 11.4 Å². The van der Waals surface area contributed by atoms with Gasteiger partial charge in [-0.3, -0.25) is 4.90 Å². The van der Waals surface area contributed by atoms with Crippen molar-refractivity contribution in [1.82, 2.24) is 4.90 Å². The van der Waals surface area contributed by atoms with Gasteiger partial charge in [0.1, 0.15) is 5.82 Å². The molecule has 1 fully saturated rings. The van der Waals surface area contributed by atoms with Crippen LogP contribution in [0.4, 0.5) is 4.39 Å². The molecule has 2 N–H and O–H groups in total. The summed E-state index contributed by atoms with van der Waals surface area (Å²) in [5.41, 5.74) is 7.02. The molecule has 1 aromatic carbocycles. The molecule has 0 spiro atoms. The van der Waals surface area contributed by atoms with E-state index in [2.05, 4.69) is 18.7 Å². The molecule has 20 heavy (non-hydrogen) atoms. The number of benzene rings is 1. The van der Waals surface area contributed by atoms with Gasteiger partial charge in [0.25, 0.3) is 0 Å². The number of rotatable bonds is 7. The maximum atomic E-state index is 13.4. The van der Waals surface area contributed by atoms with Crippen molar-refractivity contribution in [2.75, 3.05) is 19.6 Å². The summed E-state index contributed by atoms with van der Waals surface area (Å²) in [6, 6.07) is 6.90. The molecule has 1 aliphatic rings. The first-order valence-corrected chi connectivity index (χ1v) is 7.77. The summed E-state index contributed by atoms with van der Waals surface area (Å²) in [6.45, 7) is 7.13. The number of likely N-dealkylation sites (N-methyl/N-ethyl adjacent to an activating group) is 1. The van der Waals surface area contributed by atoms with Crippen LogP contribution in [0.5, 0.6) is 0 Å². The third-order valence-corrected chi connectivity index (χ3v) is 4.76. The Morgan fingerprint density at radius 2 is 2.15 bits per heavy atom. The third-order valence-electron chi connectivity index (χ3n) is 4.76. The molecular formula is C17H27FN2. The molecule has 1 atom stereocenters. The number of hydrogen-bond donors (Lipinski definition) is 1. The third kappa shape index (κ3) is 3.58. The molecule has 1 aromatic rings. The molecule has 1 aliphatic carbocycles. The lowest BCUT2D eigenvalue weighted by atomic mass is 9.82. The molecule has 3 heteroatoms. The highest BCUT2D eigenvalue weighted by atomic mass is 19.1. The predicted molar refractivity (Wildman–Crippen MR) is 82.2 cm³/mol. The maximum Gasteiger partial charge on any atom is 0.123 e. The molecule has 2 nitrogen and oxygen atoms in total. The lowest BCUT2D eigenvalue weighted by Crippen LogP contribution is -2.55. The molecular weight excluding hydrogens is 251 g/mol. The van der Waals surface area contributed by atoms with Crippen molar-refractivity contribution >= 4 is 0 Å². The Labute approximate surface area is 122 Å². The molecule has 0 heterocycles. The average Bonchev–Trinajstić information content (AvgIpc) is 2.37. The first kappa shape index (κ1) is 15.5. The second-order valence-electron chi connectivity index (χ2n) is 6.34. The van der Waals surface area contributed by atoms with Crippen molar-refractivity contribution in [2.24, 2.45) is 11.7 Å². The monoisotopic (exact) mass is 278 g/mol. The molecule has 0 aliphatic heterocycles. The molecule has 0 radical (unpaired) electrons. The normalized spacial score (nSPS) is 18.9. The topological polar surface area (TPSA) is 29.3 Å². The van der Waals surface area contributed by atoms with E-state index in [1.807, 2.05) is 6.07 Å². The van der Waals surface area contributed by atoms with Gasteiger partial charge in [0.2, 0.25) is 0 Å². The van der Waals surface area contributed by atoms with Crippen LogP contribution < -0.4 is 5.73 Å². The zero-order valence-electron chi connectivity index (χ0n) is 12.7. The highest BCUT2D eigenvalue weighted by molar-refractivity contribution is 5.19. The summed E-state index contributed by atoms with van der Waals surface area (Å²) in [4.78, 5) is 2.49. The number of halogens is 1. The summed E-state index contributed by atoms with van der Waals surface area (Å²) in [5.74, 6) is 0.664. The molecule has 112 valence electrons. The highest BCUT2D eigenvalue weighted by Gasteiger charge is 2.32. The van der Waals surface area contributed by atoms with Crippen LogP contribution in [0.2, 0.25) is 0 Å². The minimum absolute atomic E-state index is 0.0852. The first-order valence-electron chi connectivity index (χ1n) is 7.77. The van der Waals surface area contributed by atoms with Crippen LogP contribution in [0.25, 0.3) is 0 Å². The van der Waals surface area contributed by atoms with Crippen molar-refractivity contribution in [3.05, 3.63) is 35.6 Å². The van der Waals surface area contributed by atoms with E-state index in [4.69, 9.17) is 5.73 Å². The Balaban J connectivity index is 2.08. The molecule has 0 aromatic heterocycles. The summed E-state index contributed by atoms with van der Waals surface area (Å²) in [5, 5.41) is 0. The maximum absolute atomic E-state index is 13.4. The fourth-order valence-electron chi connectivity index (χ4n) is 3.12. The van der Waals surface area contributed by atoms with E-state index < -0.39 is 0 Å². The first-order chi connectivity index (χ1) is 9.57. The van der Waals surface area contributed by atoms with Gasteiger partial charge >= 0.3 is 0 Å². The lowest BCUT2D eigenvalue weighted by Gasteiger charge is -2.44. The second-order valence-corrected chi connectivity index (χ2v) is 6.34. The Morgan fingerprint density at radius 3 is 2.65 bits per heavy atom. The van der Waals surface area contributed by atoms with Crippen molar-refractivity contribution in [3.63, 3.8) is 0 Å². The standard InChI is InChI=1S/C17H27FN2/c1-3-20(12-14-6-4-7-14)17(2,13-19)11-15-8-5-9-16(18)10-15/h5,8-10,14H,3-4,6-7,11-13,19H2,1-2H3. The SMILES string of the molecule is CCN(CC1CCC1)C(C)(CN)Cc1cccc(F)c1. The predicted octanol–water partition coefficient (Wildman–Crippen LogP) is 3.21. The van der Waals surface area contributed by atoms with Crippen LogP contribution in [-0.2, 0) is 6.42 Å². The fraction of sp³-hybridized carbons (Fsp3) is 0.647. The number of hydrogen-bond acceptors (Lipinski definition) is 2. The van der Waals surface area contributed by atoms with E-state index in [0.717, 1.165) is 31.0 Å². The smallest absolute Gasteiger partial charge is 0.123 e. The van der Waals surface area contributed by atoms with Crippen LogP contribution in [0.15, 0.2) is 24.3 Å². The summed E-state index contributed by atoms with van der Waals surface area (Å²) in [6.07, 6.45) is 4.86. The fourth-order valence-corrected chi connectivity index (χ4v) is 3.12. The molecule has 0 saturated heterocycles. The van der Waals surface area contributed by atoms with Gasteiger partial charge in [0, 0.05) is 18.6 Å². The summed E-state index contributed by atoms with van der Waals surface area (Å²) in [7, 11) is 0. The summed E-state index contributed by atoms with van der Waals surface area (Å²) >= 11 is 0. The molecule has 0 bridgehead atoms. The van der Waals surface area contributed by atoms with Crippen molar-refractivity contribution < 1.29 is 4.39 Å². The Bertz CT molecular complexity index is 431. The molecule has 1 unspecified atom stereocenters. The lowest BCUT2D eigenvalue weighted by molar-refractivity contribution is 0.0759. The van der Waals surface area contributed by atoms with Gasteiger partial charge in [-0.25, -0.2) is 4.39 Å². The second kappa shape index (κ2) is 6.68. The zero-order valence-corrected chi connectivity index (χ0v) is 12.7. The van der Waals surface area contributed by atoms with Gasteiger partial charge in [0.15, 0.2) is 0 Å². The zero-order chi connectivity index (χ0) is 14.6. The Morgan fingerprint density at radius 1 is 1.40 bits per heavy atom. The van der Waals surface area contributed by atoms with Gasteiger partial charge in [0.05, 0.1) is 0 Å². The van der Waals surface area contributed by atoms with E-state index in [1.54, 1.807) is 12.1 Å². The number of nitrogens with two attached hydrogens (primary N) is 1. The van der Waals surface area contributed by atoms with Crippen LogP contribution in [0.3, 0.4) is 0 Å². The van der Waals surface area contributed by atoms with E-state index >= 15 is 0 Å². The van der Waals surface area contributed by atoms with Gasteiger partial charge < -0.3 is 5.73 Å².